The van der Waals surface area contributed by atoms with Crippen molar-refractivity contribution in [1.29, 1.82) is 0 Å². The molecule has 3 atom stereocenters. The average Bonchev–Trinajstić information content (AvgIpc) is 3.42. The molecule has 48 heavy (non-hydrogen) atoms. The maximum Gasteiger partial charge on any atom is 0.459 e. The molecule has 4 rings (SSSR count). The lowest BCUT2D eigenvalue weighted by atomic mass is 9.94. The number of benzene rings is 2. The molecule has 4 aromatic rings. The molecule has 0 fully saturated rings. The van der Waals surface area contributed by atoms with E-state index in [0.717, 1.165) is 42.5 Å². The molecule has 262 valence electrons. The third kappa shape index (κ3) is 8.65. The fourth-order valence-electron chi connectivity index (χ4n) is 5.31. The molecule has 0 amide bonds. The van der Waals surface area contributed by atoms with Gasteiger partial charge in [0.25, 0.3) is 0 Å². The molecule has 0 aliphatic heterocycles. The van der Waals surface area contributed by atoms with E-state index in [1.54, 1.807) is 13.8 Å². The molecule has 0 spiro atoms. The van der Waals surface area contributed by atoms with Crippen LogP contribution in [0.3, 0.4) is 0 Å². The highest BCUT2D eigenvalue weighted by Gasteiger charge is 2.39. The minimum absolute atomic E-state index is 0.136. The molecule has 11 nitrogen and oxygen atoms in total. The van der Waals surface area contributed by atoms with Crippen LogP contribution in [0, 0.1) is 0 Å². The summed E-state index contributed by atoms with van der Waals surface area (Å²) >= 11 is 0. The Morgan fingerprint density at radius 2 is 1.75 bits per heavy atom. The van der Waals surface area contributed by atoms with Crippen LogP contribution in [0.15, 0.2) is 48.5 Å². The first-order chi connectivity index (χ1) is 22.6. The number of nitrogen functional groups attached to an aromatic ring is 1. The van der Waals surface area contributed by atoms with E-state index in [0.29, 0.717) is 35.4 Å². The van der Waals surface area contributed by atoms with Gasteiger partial charge in [-0.05, 0) is 71.4 Å². The number of halogens is 3. The van der Waals surface area contributed by atoms with Gasteiger partial charge in [0.2, 0.25) is 0 Å². The molecule has 0 aliphatic carbocycles. The van der Waals surface area contributed by atoms with Crippen LogP contribution in [-0.2, 0) is 41.7 Å². The molecule has 1 unspecified atom stereocenters. The van der Waals surface area contributed by atoms with Gasteiger partial charge in [-0.1, -0.05) is 38.0 Å². The molecule has 0 saturated heterocycles. The number of anilines is 1. The summed E-state index contributed by atoms with van der Waals surface area (Å²) in [6.45, 7) is 10.9. The number of nitrogens with two attached hydrogens (primary N) is 1. The maximum atomic E-state index is 14.5. The zero-order valence-electron chi connectivity index (χ0n) is 28.0. The molecule has 0 bridgehead atoms. The number of esters is 1. The molecule has 2 aromatic heterocycles. The number of hydrogen-bond donors (Lipinski definition) is 2. The second kappa shape index (κ2) is 15.2. The zero-order valence-corrected chi connectivity index (χ0v) is 28.9. The molecule has 0 saturated carbocycles. The molecule has 0 radical (unpaired) electrons. The zero-order chi connectivity index (χ0) is 35.3. The summed E-state index contributed by atoms with van der Waals surface area (Å²) in [7, 11) is -4.47. The first-order valence-corrected chi connectivity index (χ1v) is 17.4. The predicted octanol–water partition coefficient (Wildman–Crippen LogP) is 7.76. The molecular formula is C33H43F3N5O6P. The smallest absolute Gasteiger partial charge is 0.459 e. The second-order valence-electron chi connectivity index (χ2n) is 12.0. The largest absolute Gasteiger partial charge is 0.462 e. The van der Waals surface area contributed by atoms with Crippen molar-refractivity contribution < 1.29 is 41.1 Å². The van der Waals surface area contributed by atoms with Crippen LogP contribution in [0.5, 0.6) is 5.75 Å². The van der Waals surface area contributed by atoms with Gasteiger partial charge >= 0.3 is 19.9 Å². The number of alkyl halides is 3. The number of aromatic nitrogens is 3. The predicted molar refractivity (Wildman–Crippen MR) is 177 cm³/mol. The fourth-order valence-corrected chi connectivity index (χ4v) is 6.91. The van der Waals surface area contributed by atoms with Crippen molar-refractivity contribution in [2.24, 2.45) is 0 Å². The van der Waals surface area contributed by atoms with Gasteiger partial charge in [-0.15, -0.1) is 0 Å². The Balaban J connectivity index is 1.81. The standard InChI is InChI=1S/C33H43F3N5O6P/c1-7-9-18-32(6,41-27(19-44-8-2)39-28-29(41)25-12-10-11-13-26(25)38-30(28)37)20-45-48(43,40-22(5)31(42)46-21(3)4)47-24-16-14-23(15-17-24)33(34,35)36/h10-17,21-22H,7-9,18-20H2,1-6H3,(H2,37,38)(H,40,43)/t22-,32?,48+/m0/s1. The monoisotopic (exact) mass is 693 g/mol. The second-order valence-corrected chi connectivity index (χ2v) is 13.7. The van der Waals surface area contributed by atoms with Crippen molar-refractivity contribution in [2.45, 2.75) is 91.3 Å². The van der Waals surface area contributed by atoms with Gasteiger partial charge in [0, 0.05) is 12.0 Å². The first kappa shape index (κ1) is 37.1. The van der Waals surface area contributed by atoms with Crippen molar-refractivity contribution in [3.05, 3.63) is 59.9 Å². The van der Waals surface area contributed by atoms with Crippen molar-refractivity contribution in [1.82, 2.24) is 19.6 Å². The summed E-state index contributed by atoms with van der Waals surface area (Å²) in [6.07, 6.45) is -2.95. The highest BCUT2D eigenvalue weighted by molar-refractivity contribution is 7.52. The van der Waals surface area contributed by atoms with Gasteiger partial charge in [-0.25, -0.2) is 14.5 Å². The number of rotatable bonds is 16. The fraction of sp³-hybridized carbons (Fsp3) is 0.485. The number of unbranched alkanes of at least 4 members (excludes halogenated alkanes) is 1. The Kier molecular flexibility index (Phi) is 11.8. The molecule has 2 heterocycles. The topological polar surface area (TPSA) is 140 Å². The number of nitrogens with zero attached hydrogens (tertiary/aromatic N) is 3. The number of fused-ring (bicyclic) bond motifs is 3. The Hall–Kier alpha value is -3.71. The first-order valence-electron chi connectivity index (χ1n) is 15.8. The normalized spacial score (nSPS) is 15.4. The summed E-state index contributed by atoms with van der Waals surface area (Å²) in [4.78, 5) is 22.1. The summed E-state index contributed by atoms with van der Waals surface area (Å²) < 4.78 is 79.2. The van der Waals surface area contributed by atoms with Crippen LogP contribution in [0.1, 0.15) is 72.2 Å². The van der Waals surface area contributed by atoms with E-state index in [4.69, 9.17) is 29.2 Å². The summed E-state index contributed by atoms with van der Waals surface area (Å²) in [5.41, 5.74) is 6.37. The lowest BCUT2D eigenvalue weighted by molar-refractivity contribution is -0.149. The minimum Gasteiger partial charge on any atom is -0.462 e. The van der Waals surface area contributed by atoms with E-state index < -0.39 is 43.1 Å². The molecule has 3 N–H and O–H groups in total. The third-order valence-corrected chi connectivity index (χ3v) is 9.27. The van der Waals surface area contributed by atoms with Crippen LogP contribution in [-0.4, -0.2) is 45.9 Å². The molecule has 2 aromatic carbocycles. The van der Waals surface area contributed by atoms with Crippen molar-refractivity contribution in [3.8, 4) is 5.75 Å². The van der Waals surface area contributed by atoms with Crippen LogP contribution < -0.4 is 15.3 Å². The third-order valence-electron chi connectivity index (χ3n) is 7.64. The number of para-hydroxylation sites is 1. The minimum atomic E-state index is -4.58. The quantitative estimate of drug-likeness (QED) is 0.0884. The SMILES string of the molecule is CCCCC(C)(CO[P@](=O)(N[C@@H](C)C(=O)OC(C)C)Oc1ccc(C(F)(F)F)cc1)n1c(COCC)nc2c(N)nc3ccccc3c21. The van der Waals surface area contributed by atoms with Crippen LogP contribution in [0.25, 0.3) is 21.9 Å². The Morgan fingerprint density at radius 3 is 2.38 bits per heavy atom. The molecule has 15 heteroatoms. The van der Waals surface area contributed by atoms with Crippen LogP contribution in [0.2, 0.25) is 0 Å². The summed E-state index contributed by atoms with van der Waals surface area (Å²) in [6, 6.07) is 10.0. The molecule has 0 aliphatic rings. The van der Waals surface area contributed by atoms with E-state index in [9.17, 15) is 22.5 Å². The van der Waals surface area contributed by atoms with Gasteiger partial charge in [0.05, 0.1) is 34.8 Å². The number of nitrogens with one attached hydrogen (secondary N) is 1. The number of hydrogen-bond acceptors (Lipinski definition) is 9. The van der Waals surface area contributed by atoms with Gasteiger partial charge in [0.1, 0.15) is 29.7 Å². The Bertz CT molecular complexity index is 1760. The van der Waals surface area contributed by atoms with Gasteiger partial charge < -0.3 is 24.3 Å². The Morgan fingerprint density at radius 1 is 1.06 bits per heavy atom. The van der Waals surface area contributed by atoms with E-state index in [2.05, 4.69) is 10.1 Å². The highest BCUT2D eigenvalue weighted by Crippen LogP contribution is 2.48. The van der Waals surface area contributed by atoms with Crippen LogP contribution >= 0.6 is 7.75 Å². The molecular weight excluding hydrogens is 650 g/mol. The number of ether oxygens (including phenoxy) is 2. The number of pyridine rings is 1. The highest BCUT2D eigenvalue weighted by atomic mass is 31.2. The van der Waals surface area contributed by atoms with E-state index in [1.807, 2.05) is 49.6 Å². The number of carbonyl (C=O) groups excluding carboxylic acids is 1. The van der Waals surface area contributed by atoms with Crippen molar-refractivity contribution >= 4 is 41.5 Å². The van der Waals surface area contributed by atoms with E-state index in [1.165, 1.54) is 6.92 Å². The van der Waals surface area contributed by atoms with Crippen LogP contribution in [0.4, 0.5) is 19.0 Å². The Labute approximate surface area is 277 Å². The van der Waals surface area contributed by atoms with Gasteiger partial charge in [0.15, 0.2) is 5.82 Å². The maximum absolute atomic E-state index is 14.5. The van der Waals surface area contributed by atoms with E-state index >= 15 is 0 Å². The lowest BCUT2D eigenvalue weighted by Crippen LogP contribution is -2.40. The van der Waals surface area contributed by atoms with E-state index in [-0.39, 0.29) is 24.8 Å². The van der Waals surface area contributed by atoms with Gasteiger partial charge in [-0.3, -0.25) is 9.32 Å². The summed E-state index contributed by atoms with van der Waals surface area (Å²) in [5, 5.41) is 3.41. The lowest BCUT2D eigenvalue weighted by Gasteiger charge is -2.35. The number of carbonyl (C=O) groups is 1. The summed E-state index contributed by atoms with van der Waals surface area (Å²) in [5.74, 6) is -0.102. The van der Waals surface area contributed by atoms with Crippen molar-refractivity contribution in [3.63, 3.8) is 0 Å². The average molecular weight is 694 g/mol. The van der Waals surface area contributed by atoms with Crippen molar-refractivity contribution in [2.75, 3.05) is 18.9 Å². The number of imidazole rings is 1. The van der Waals surface area contributed by atoms with Gasteiger partial charge in [-0.2, -0.15) is 18.3 Å².